The highest BCUT2D eigenvalue weighted by Crippen LogP contribution is 2.26. The van der Waals surface area contributed by atoms with Crippen LogP contribution in [-0.2, 0) is 6.54 Å². The lowest BCUT2D eigenvalue weighted by Crippen LogP contribution is -2.19. The summed E-state index contributed by atoms with van der Waals surface area (Å²) in [5.41, 5.74) is 7.92. The normalized spacial score (nSPS) is 12.6. The molecular formula is C14H18N2O. The van der Waals surface area contributed by atoms with E-state index >= 15 is 0 Å². The highest BCUT2D eigenvalue weighted by atomic mass is 16.3. The van der Waals surface area contributed by atoms with E-state index in [9.17, 15) is 0 Å². The van der Waals surface area contributed by atoms with Gasteiger partial charge in [0.05, 0.1) is 6.61 Å². The maximum Gasteiger partial charge on any atom is 0.0630 e. The molecule has 0 aromatic heterocycles. The second-order valence-electron chi connectivity index (χ2n) is 4.25. The fourth-order valence-electron chi connectivity index (χ4n) is 1.98. The first-order chi connectivity index (χ1) is 8.26. The number of hydrogen-bond acceptors (Lipinski definition) is 3. The predicted molar refractivity (Wildman–Crippen MR) is 72.0 cm³/mol. The van der Waals surface area contributed by atoms with E-state index in [0.717, 1.165) is 16.6 Å². The molecule has 3 nitrogen and oxygen atoms in total. The summed E-state index contributed by atoms with van der Waals surface area (Å²) >= 11 is 0. The van der Waals surface area contributed by atoms with Crippen molar-refractivity contribution in [3.8, 4) is 0 Å². The van der Waals surface area contributed by atoms with E-state index in [1.54, 1.807) is 0 Å². The van der Waals surface area contributed by atoms with Gasteiger partial charge in [-0.15, -0.1) is 0 Å². The van der Waals surface area contributed by atoms with E-state index in [1.165, 1.54) is 5.39 Å². The number of hydrogen-bond donors (Lipinski definition) is 3. The van der Waals surface area contributed by atoms with E-state index in [4.69, 9.17) is 10.8 Å². The maximum absolute atomic E-state index is 9.09. The van der Waals surface area contributed by atoms with Crippen molar-refractivity contribution < 1.29 is 5.11 Å². The van der Waals surface area contributed by atoms with Crippen LogP contribution in [0.15, 0.2) is 36.4 Å². The number of fused-ring (bicyclic) bond motifs is 1. The molecule has 0 spiro atoms. The minimum atomic E-state index is 0.0436. The molecule has 1 unspecified atom stereocenters. The van der Waals surface area contributed by atoms with E-state index in [1.807, 2.05) is 31.2 Å². The Balaban J connectivity index is 2.51. The highest BCUT2D eigenvalue weighted by Gasteiger charge is 2.06. The highest BCUT2D eigenvalue weighted by molar-refractivity contribution is 5.96. The molecule has 0 amide bonds. The van der Waals surface area contributed by atoms with E-state index in [2.05, 4.69) is 17.4 Å². The average Bonchev–Trinajstić information content (AvgIpc) is 2.39. The Morgan fingerprint density at radius 1 is 1.18 bits per heavy atom. The van der Waals surface area contributed by atoms with Crippen molar-refractivity contribution in [2.75, 3.05) is 11.9 Å². The molecule has 4 N–H and O–H groups in total. The van der Waals surface area contributed by atoms with Crippen LogP contribution < -0.4 is 11.1 Å². The van der Waals surface area contributed by atoms with Crippen LogP contribution >= 0.6 is 0 Å². The van der Waals surface area contributed by atoms with Gasteiger partial charge in [0.1, 0.15) is 0 Å². The fourth-order valence-corrected chi connectivity index (χ4v) is 1.98. The van der Waals surface area contributed by atoms with Gasteiger partial charge in [-0.1, -0.05) is 30.3 Å². The molecule has 0 aliphatic carbocycles. The Kier molecular flexibility index (Phi) is 3.61. The van der Waals surface area contributed by atoms with Gasteiger partial charge in [-0.2, -0.15) is 0 Å². The number of aliphatic hydroxyl groups excluding tert-OH is 1. The molecule has 0 fully saturated rings. The van der Waals surface area contributed by atoms with Crippen LogP contribution in [0, 0.1) is 0 Å². The number of benzene rings is 2. The molecule has 17 heavy (non-hydrogen) atoms. The minimum absolute atomic E-state index is 0.0436. The molecule has 3 heteroatoms. The summed E-state index contributed by atoms with van der Waals surface area (Å²) in [6.07, 6.45) is 0. The SMILES string of the molecule is CC(CO)Nc1ccc(CN)c2ccccc12. The Hall–Kier alpha value is -1.58. The number of nitrogens with two attached hydrogens (primary N) is 1. The van der Waals surface area contributed by atoms with Crippen LogP contribution in [0.1, 0.15) is 12.5 Å². The van der Waals surface area contributed by atoms with Crippen LogP contribution in [0.3, 0.4) is 0 Å². The average molecular weight is 230 g/mol. The van der Waals surface area contributed by atoms with Crippen LogP contribution in [0.25, 0.3) is 10.8 Å². The quantitative estimate of drug-likeness (QED) is 0.753. The van der Waals surface area contributed by atoms with Gasteiger partial charge in [-0.05, 0) is 23.9 Å². The van der Waals surface area contributed by atoms with Crippen molar-refractivity contribution in [2.24, 2.45) is 5.73 Å². The Labute approximate surface area is 101 Å². The van der Waals surface area contributed by atoms with Gasteiger partial charge in [0.2, 0.25) is 0 Å². The summed E-state index contributed by atoms with van der Waals surface area (Å²) in [7, 11) is 0. The summed E-state index contributed by atoms with van der Waals surface area (Å²) in [5, 5.41) is 14.7. The molecule has 2 aromatic rings. The van der Waals surface area contributed by atoms with Gasteiger partial charge < -0.3 is 16.2 Å². The summed E-state index contributed by atoms with van der Waals surface area (Å²) < 4.78 is 0. The summed E-state index contributed by atoms with van der Waals surface area (Å²) in [6.45, 7) is 2.61. The lowest BCUT2D eigenvalue weighted by Gasteiger charge is -2.16. The third kappa shape index (κ3) is 2.40. The smallest absolute Gasteiger partial charge is 0.0630 e. The summed E-state index contributed by atoms with van der Waals surface area (Å²) in [4.78, 5) is 0. The molecule has 0 saturated carbocycles. The first kappa shape index (κ1) is 11.9. The second-order valence-corrected chi connectivity index (χ2v) is 4.25. The zero-order valence-corrected chi connectivity index (χ0v) is 9.98. The Bertz CT molecular complexity index is 511. The van der Waals surface area contributed by atoms with Gasteiger partial charge in [-0.25, -0.2) is 0 Å². The molecule has 0 bridgehead atoms. The van der Waals surface area contributed by atoms with Crippen molar-refractivity contribution in [1.29, 1.82) is 0 Å². The molecule has 90 valence electrons. The van der Waals surface area contributed by atoms with Crippen LogP contribution in [0.2, 0.25) is 0 Å². The minimum Gasteiger partial charge on any atom is -0.394 e. The summed E-state index contributed by atoms with van der Waals surface area (Å²) in [6, 6.07) is 12.3. The van der Waals surface area contributed by atoms with Gasteiger partial charge in [0.15, 0.2) is 0 Å². The van der Waals surface area contributed by atoms with Crippen molar-refractivity contribution in [3.05, 3.63) is 42.0 Å². The third-order valence-electron chi connectivity index (χ3n) is 2.91. The first-order valence-electron chi connectivity index (χ1n) is 5.84. The zero-order valence-electron chi connectivity index (χ0n) is 9.98. The van der Waals surface area contributed by atoms with Crippen molar-refractivity contribution in [2.45, 2.75) is 19.5 Å². The van der Waals surface area contributed by atoms with Gasteiger partial charge >= 0.3 is 0 Å². The maximum atomic E-state index is 9.09. The monoisotopic (exact) mass is 230 g/mol. The Morgan fingerprint density at radius 3 is 2.53 bits per heavy atom. The first-order valence-corrected chi connectivity index (χ1v) is 5.84. The molecule has 0 radical (unpaired) electrons. The Morgan fingerprint density at radius 2 is 1.88 bits per heavy atom. The van der Waals surface area contributed by atoms with Crippen molar-refractivity contribution in [3.63, 3.8) is 0 Å². The zero-order chi connectivity index (χ0) is 12.3. The molecule has 2 aromatic carbocycles. The van der Waals surface area contributed by atoms with E-state index < -0.39 is 0 Å². The fraction of sp³-hybridized carbons (Fsp3) is 0.286. The van der Waals surface area contributed by atoms with Gasteiger partial charge in [0.25, 0.3) is 0 Å². The molecular weight excluding hydrogens is 212 g/mol. The second kappa shape index (κ2) is 5.17. The third-order valence-corrected chi connectivity index (χ3v) is 2.91. The number of aliphatic hydroxyl groups is 1. The molecule has 0 heterocycles. The van der Waals surface area contributed by atoms with E-state index in [-0.39, 0.29) is 12.6 Å². The molecule has 0 aliphatic rings. The van der Waals surface area contributed by atoms with Crippen molar-refractivity contribution >= 4 is 16.5 Å². The van der Waals surface area contributed by atoms with Crippen LogP contribution in [0.4, 0.5) is 5.69 Å². The molecule has 1 atom stereocenters. The predicted octanol–water partition coefficient (Wildman–Crippen LogP) is 2.09. The van der Waals surface area contributed by atoms with Gasteiger partial charge in [0, 0.05) is 23.7 Å². The molecule has 0 saturated heterocycles. The lowest BCUT2D eigenvalue weighted by atomic mass is 10.0. The topological polar surface area (TPSA) is 58.3 Å². The van der Waals surface area contributed by atoms with Gasteiger partial charge in [-0.3, -0.25) is 0 Å². The van der Waals surface area contributed by atoms with E-state index in [0.29, 0.717) is 6.54 Å². The van der Waals surface area contributed by atoms with Crippen molar-refractivity contribution in [1.82, 2.24) is 0 Å². The largest absolute Gasteiger partial charge is 0.394 e. The number of rotatable bonds is 4. The molecule has 2 rings (SSSR count). The van der Waals surface area contributed by atoms with Crippen LogP contribution in [-0.4, -0.2) is 17.8 Å². The van der Waals surface area contributed by atoms with Crippen LogP contribution in [0.5, 0.6) is 0 Å². The lowest BCUT2D eigenvalue weighted by molar-refractivity contribution is 0.281. The summed E-state index contributed by atoms with van der Waals surface area (Å²) in [5.74, 6) is 0. The number of anilines is 1. The molecule has 0 aliphatic heterocycles. The standard InChI is InChI=1S/C14H18N2O/c1-10(9-17)16-14-7-6-11(8-15)12-4-2-3-5-13(12)14/h2-7,10,16-17H,8-9,15H2,1H3. The number of nitrogens with one attached hydrogen (secondary N) is 1.